The van der Waals surface area contributed by atoms with E-state index in [1.165, 1.54) is 28.9 Å². The van der Waals surface area contributed by atoms with Gasteiger partial charge in [0.15, 0.2) is 5.82 Å². The first kappa shape index (κ1) is 23.9. The number of aryl methyl sites for hydroxylation is 1. The molecule has 190 valence electrons. The number of anilines is 1. The summed E-state index contributed by atoms with van der Waals surface area (Å²) in [6, 6.07) is 4.14. The van der Waals surface area contributed by atoms with Crippen LogP contribution in [0, 0.1) is 5.82 Å². The quantitative estimate of drug-likeness (QED) is 0.398. The van der Waals surface area contributed by atoms with Crippen molar-refractivity contribution < 1.29 is 27.8 Å². The number of piperidine rings is 1. The minimum atomic E-state index is -1.39. The van der Waals surface area contributed by atoms with Gasteiger partial charge in [-0.25, -0.2) is 22.7 Å². The molecule has 36 heavy (non-hydrogen) atoms. The van der Waals surface area contributed by atoms with Crippen molar-refractivity contribution in [1.82, 2.24) is 29.0 Å². The van der Waals surface area contributed by atoms with E-state index in [4.69, 9.17) is 9.84 Å². The maximum absolute atomic E-state index is 14.8. The highest BCUT2D eigenvalue weighted by Gasteiger charge is 2.32. The molecular formula is C23H24F3N7O3. The number of amides is 1. The average molecular weight is 503 g/mol. The van der Waals surface area contributed by atoms with Crippen molar-refractivity contribution in [3.63, 3.8) is 0 Å². The molecule has 0 radical (unpaired) electrons. The molecule has 1 aliphatic heterocycles. The second-order valence-corrected chi connectivity index (χ2v) is 8.47. The normalized spacial score (nSPS) is 18.2. The Morgan fingerprint density at radius 1 is 1.36 bits per heavy atom. The van der Waals surface area contributed by atoms with Crippen molar-refractivity contribution >= 4 is 28.4 Å². The molecule has 2 atom stereocenters. The van der Waals surface area contributed by atoms with Crippen molar-refractivity contribution in [2.45, 2.75) is 25.2 Å². The van der Waals surface area contributed by atoms with E-state index in [-0.39, 0.29) is 37.0 Å². The SMILES string of the molecule is COc1nc(N[C@H]2CCN(C(=O)CO)C[C@H]2F)nn2ccc(-c3cc(F)c4ncn(CCF)c4c3)c12. The fourth-order valence-corrected chi connectivity index (χ4v) is 4.53. The van der Waals surface area contributed by atoms with Crippen molar-refractivity contribution in [2.24, 2.45) is 0 Å². The van der Waals surface area contributed by atoms with Gasteiger partial charge in [-0.3, -0.25) is 4.79 Å². The molecule has 0 saturated carbocycles. The molecule has 4 aromatic rings. The van der Waals surface area contributed by atoms with Crippen molar-refractivity contribution in [3.05, 3.63) is 36.5 Å². The Labute approximate surface area is 203 Å². The maximum Gasteiger partial charge on any atom is 0.248 e. The monoisotopic (exact) mass is 503 g/mol. The summed E-state index contributed by atoms with van der Waals surface area (Å²) in [4.78, 5) is 21.4. The third-order valence-corrected chi connectivity index (χ3v) is 6.33. The molecule has 3 aromatic heterocycles. The van der Waals surface area contributed by atoms with Crippen molar-refractivity contribution in [3.8, 4) is 17.0 Å². The van der Waals surface area contributed by atoms with Crippen LogP contribution in [-0.2, 0) is 11.3 Å². The predicted molar refractivity (Wildman–Crippen MR) is 125 cm³/mol. The van der Waals surface area contributed by atoms with Gasteiger partial charge in [-0.05, 0) is 30.2 Å². The molecule has 1 amide bonds. The number of aliphatic hydroxyl groups excluding tert-OH is 1. The second kappa shape index (κ2) is 9.64. The summed E-state index contributed by atoms with van der Waals surface area (Å²) < 4.78 is 51.0. The number of hydrogen-bond donors (Lipinski definition) is 2. The lowest BCUT2D eigenvalue weighted by atomic mass is 10.0. The smallest absolute Gasteiger partial charge is 0.248 e. The number of nitrogens with zero attached hydrogens (tertiary/aromatic N) is 6. The van der Waals surface area contributed by atoms with E-state index in [1.807, 2.05) is 0 Å². The number of halogens is 3. The first-order chi connectivity index (χ1) is 17.4. The molecule has 1 fully saturated rings. The molecule has 4 heterocycles. The van der Waals surface area contributed by atoms with Gasteiger partial charge in [-0.2, -0.15) is 4.98 Å². The first-order valence-electron chi connectivity index (χ1n) is 11.4. The Balaban J connectivity index is 1.47. The molecule has 2 N–H and O–H groups in total. The Morgan fingerprint density at radius 2 is 2.19 bits per heavy atom. The van der Waals surface area contributed by atoms with Crippen LogP contribution in [-0.4, -0.2) is 85.8 Å². The minimum absolute atomic E-state index is 0.0556. The standard InChI is InChI=1S/C23H24F3N7O3/c1-36-22-21-14(13-8-15(25)20-18(9-13)32(7-4-24)12-27-20)2-6-33(21)30-23(29-22)28-17-3-5-31(10-16(17)26)19(35)11-34/h2,6,8-9,12,16-17,34H,3-5,7,10-11H2,1H3,(H,28,30)/t16-,17+/m1/s1. The van der Waals surface area contributed by atoms with Gasteiger partial charge in [0, 0.05) is 18.3 Å². The Bertz CT molecular complexity index is 1420. The maximum atomic E-state index is 14.8. The number of ether oxygens (including phenoxy) is 1. The zero-order chi connectivity index (χ0) is 25.4. The predicted octanol–water partition coefficient (Wildman–Crippen LogP) is 2.21. The van der Waals surface area contributed by atoms with Crippen LogP contribution in [0.2, 0.25) is 0 Å². The summed E-state index contributed by atoms with van der Waals surface area (Å²) >= 11 is 0. The number of imidazole rings is 1. The van der Waals surface area contributed by atoms with E-state index in [0.29, 0.717) is 28.6 Å². The Morgan fingerprint density at radius 3 is 2.92 bits per heavy atom. The highest BCUT2D eigenvalue weighted by Crippen LogP contribution is 2.34. The number of aromatic nitrogens is 5. The molecule has 1 saturated heterocycles. The molecule has 0 unspecified atom stereocenters. The van der Waals surface area contributed by atoms with E-state index < -0.39 is 37.2 Å². The van der Waals surface area contributed by atoms with Gasteiger partial charge in [0.25, 0.3) is 0 Å². The van der Waals surface area contributed by atoms with E-state index in [0.717, 1.165) is 0 Å². The van der Waals surface area contributed by atoms with Gasteiger partial charge < -0.3 is 24.6 Å². The van der Waals surface area contributed by atoms with Crippen LogP contribution in [0.4, 0.5) is 19.1 Å². The summed E-state index contributed by atoms with van der Waals surface area (Å²) in [6.07, 6.45) is 1.97. The summed E-state index contributed by atoms with van der Waals surface area (Å²) in [7, 11) is 1.43. The molecule has 13 heteroatoms. The first-order valence-corrected chi connectivity index (χ1v) is 11.4. The number of methoxy groups -OCH3 is 1. The molecule has 5 rings (SSSR count). The van der Waals surface area contributed by atoms with Crippen molar-refractivity contribution in [2.75, 3.05) is 38.8 Å². The van der Waals surface area contributed by atoms with Crippen LogP contribution in [0.3, 0.4) is 0 Å². The average Bonchev–Trinajstić information content (AvgIpc) is 3.49. The molecule has 0 bridgehead atoms. The number of likely N-dealkylation sites (tertiary alicyclic amines) is 1. The van der Waals surface area contributed by atoms with Gasteiger partial charge in [0.05, 0.1) is 38.1 Å². The third kappa shape index (κ3) is 4.19. The van der Waals surface area contributed by atoms with Gasteiger partial charge in [0.2, 0.25) is 17.7 Å². The molecule has 1 aliphatic rings. The number of hydrogen-bond acceptors (Lipinski definition) is 7. The van der Waals surface area contributed by atoms with Gasteiger partial charge >= 0.3 is 0 Å². The van der Waals surface area contributed by atoms with E-state index in [2.05, 4.69) is 20.4 Å². The highest BCUT2D eigenvalue weighted by molar-refractivity contribution is 5.90. The number of carbonyl (C=O) groups excluding carboxylic acids is 1. The summed E-state index contributed by atoms with van der Waals surface area (Å²) in [5.41, 5.74) is 2.18. The molecule has 0 spiro atoms. The molecular weight excluding hydrogens is 479 g/mol. The number of alkyl halides is 2. The summed E-state index contributed by atoms with van der Waals surface area (Å²) in [6.45, 7) is -1.07. The number of aliphatic hydroxyl groups is 1. The van der Waals surface area contributed by atoms with Crippen LogP contribution >= 0.6 is 0 Å². The van der Waals surface area contributed by atoms with Crippen LogP contribution in [0.15, 0.2) is 30.7 Å². The van der Waals surface area contributed by atoms with E-state index in [1.54, 1.807) is 22.9 Å². The van der Waals surface area contributed by atoms with Crippen LogP contribution in [0.1, 0.15) is 6.42 Å². The Hall–Kier alpha value is -3.87. The van der Waals surface area contributed by atoms with Crippen molar-refractivity contribution in [1.29, 1.82) is 0 Å². The number of fused-ring (bicyclic) bond motifs is 2. The van der Waals surface area contributed by atoms with E-state index in [9.17, 15) is 18.0 Å². The summed E-state index contributed by atoms with van der Waals surface area (Å²) in [5, 5.41) is 16.4. The summed E-state index contributed by atoms with van der Waals surface area (Å²) in [5.74, 6) is -0.748. The highest BCUT2D eigenvalue weighted by atomic mass is 19.1. The zero-order valence-electron chi connectivity index (χ0n) is 19.4. The largest absolute Gasteiger partial charge is 0.479 e. The minimum Gasteiger partial charge on any atom is -0.479 e. The zero-order valence-corrected chi connectivity index (χ0v) is 19.4. The van der Waals surface area contributed by atoms with Crippen LogP contribution in [0.5, 0.6) is 5.88 Å². The lowest BCUT2D eigenvalue weighted by Gasteiger charge is -2.34. The number of rotatable bonds is 7. The van der Waals surface area contributed by atoms with Crippen LogP contribution in [0.25, 0.3) is 27.7 Å². The van der Waals surface area contributed by atoms with Gasteiger partial charge in [-0.1, -0.05) is 0 Å². The lowest BCUT2D eigenvalue weighted by Crippen LogP contribution is -2.50. The topological polar surface area (TPSA) is 110 Å². The number of nitrogens with one attached hydrogen (secondary N) is 1. The number of carbonyl (C=O) groups is 1. The molecule has 10 nitrogen and oxygen atoms in total. The fraction of sp³-hybridized carbons (Fsp3) is 0.391. The molecule has 1 aromatic carbocycles. The Kier molecular flexibility index (Phi) is 6.39. The lowest BCUT2D eigenvalue weighted by molar-refractivity contribution is -0.136. The molecule has 0 aliphatic carbocycles. The fourth-order valence-electron chi connectivity index (χ4n) is 4.53. The van der Waals surface area contributed by atoms with Gasteiger partial charge in [0.1, 0.15) is 30.5 Å². The van der Waals surface area contributed by atoms with Crippen LogP contribution < -0.4 is 10.1 Å². The third-order valence-electron chi connectivity index (χ3n) is 6.33. The van der Waals surface area contributed by atoms with E-state index >= 15 is 0 Å². The number of benzene rings is 1. The second-order valence-electron chi connectivity index (χ2n) is 8.47. The van der Waals surface area contributed by atoms with Gasteiger partial charge in [-0.15, -0.1) is 5.10 Å².